The van der Waals surface area contributed by atoms with Crippen molar-refractivity contribution in [3.8, 4) is 17.1 Å². The van der Waals surface area contributed by atoms with E-state index in [0.29, 0.717) is 18.0 Å². The lowest BCUT2D eigenvalue weighted by molar-refractivity contribution is -0.145. The van der Waals surface area contributed by atoms with Gasteiger partial charge in [-0.3, -0.25) is 0 Å². The first-order chi connectivity index (χ1) is 11.2. The molecule has 1 aromatic carbocycles. The Balaban J connectivity index is 1.74. The lowest BCUT2D eigenvalue weighted by Gasteiger charge is -2.06. The monoisotopic (exact) mass is 375 g/mol. The molecular weight excluding hydrogens is 362 g/mol. The maximum atomic E-state index is 11.3. The zero-order chi connectivity index (χ0) is 16.2. The van der Waals surface area contributed by atoms with Crippen LogP contribution in [0.5, 0.6) is 5.75 Å². The Kier molecular flexibility index (Phi) is 4.57. The summed E-state index contributed by atoms with van der Waals surface area (Å²) in [5.41, 5.74) is 2.42. The summed E-state index contributed by atoms with van der Waals surface area (Å²) < 4.78 is 11.1. The number of benzene rings is 1. The number of carbonyl (C=O) groups is 1. The van der Waals surface area contributed by atoms with Crippen LogP contribution in [0.25, 0.3) is 22.6 Å². The van der Waals surface area contributed by atoms with Gasteiger partial charge in [0.2, 0.25) is 0 Å². The van der Waals surface area contributed by atoms with Crippen LogP contribution in [-0.2, 0) is 9.53 Å². The van der Waals surface area contributed by atoms with Crippen molar-refractivity contribution < 1.29 is 14.3 Å². The molecule has 2 aromatic heterocycles. The van der Waals surface area contributed by atoms with E-state index in [1.807, 2.05) is 18.2 Å². The molecule has 0 aliphatic carbocycles. The molecule has 2 heterocycles. The minimum Gasteiger partial charge on any atom is -0.482 e. The van der Waals surface area contributed by atoms with E-state index in [0.717, 1.165) is 21.4 Å². The molecular formula is C16H14BrN3O3. The quantitative estimate of drug-likeness (QED) is 0.692. The number of nitrogens with one attached hydrogen (secondary N) is 1. The van der Waals surface area contributed by atoms with Gasteiger partial charge in [-0.15, -0.1) is 0 Å². The molecule has 0 amide bonds. The molecule has 0 spiro atoms. The van der Waals surface area contributed by atoms with Gasteiger partial charge in [0.15, 0.2) is 12.3 Å². The Bertz CT molecular complexity index is 830. The van der Waals surface area contributed by atoms with Gasteiger partial charge in [0.25, 0.3) is 0 Å². The highest BCUT2D eigenvalue weighted by molar-refractivity contribution is 9.10. The Morgan fingerprint density at radius 3 is 2.83 bits per heavy atom. The highest BCUT2D eigenvalue weighted by Gasteiger charge is 2.08. The molecule has 0 saturated heterocycles. The topological polar surface area (TPSA) is 77.1 Å². The summed E-state index contributed by atoms with van der Waals surface area (Å²) in [5, 5.41) is 0. The normalized spacial score (nSPS) is 10.7. The predicted octanol–water partition coefficient (Wildman–Crippen LogP) is 3.33. The number of esters is 1. The zero-order valence-corrected chi connectivity index (χ0v) is 14.0. The molecule has 0 bridgehead atoms. The largest absolute Gasteiger partial charge is 0.482 e. The number of aromatic nitrogens is 3. The van der Waals surface area contributed by atoms with Crippen LogP contribution in [0.3, 0.4) is 0 Å². The third-order valence-electron chi connectivity index (χ3n) is 3.09. The molecule has 0 atom stereocenters. The molecule has 0 unspecified atom stereocenters. The molecule has 0 fully saturated rings. The summed E-state index contributed by atoms with van der Waals surface area (Å²) in [6, 6.07) is 9.23. The average molecular weight is 376 g/mol. The van der Waals surface area contributed by atoms with Crippen molar-refractivity contribution in [2.24, 2.45) is 0 Å². The van der Waals surface area contributed by atoms with Crippen LogP contribution < -0.4 is 4.74 Å². The van der Waals surface area contributed by atoms with Crippen LogP contribution >= 0.6 is 15.9 Å². The first-order valence-corrected chi connectivity index (χ1v) is 7.85. The third kappa shape index (κ3) is 3.68. The van der Waals surface area contributed by atoms with Gasteiger partial charge in [-0.2, -0.15) is 0 Å². The summed E-state index contributed by atoms with van der Waals surface area (Å²) in [6.07, 6.45) is 1.71. The van der Waals surface area contributed by atoms with Crippen molar-refractivity contribution in [2.75, 3.05) is 13.2 Å². The number of fused-ring (bicyclic) bond motifs is 1. The lowest BCUT2D eigenvalue weighted by Crippen LogP contribution is -2.14. The fourth-order valence-electron chi connectivity index (χ4n) is 2.07. The van der Waals surface area contributed by atoms with E-state index in [9.17, 15) is 4.79 Å². The summed E-state index contributed by atoms with van der Waals surface area (Å²) in [7, 11) is 0. The molecule has 1 N–H and O–H groups in total. The molecule has 0 saturated carbocycles. The molecule has 118 valence electrons. The average Bonchev–Trinajstić information content (AvgIpc) is 2.97. The van der Waals surface area contributed by atoms with Crippen molar-refractivity contribution in [1.82, 2.24) is 15.0 Å². The van der Waals surface area contributed by atoms with Gasteiger partial charge in [0.05, 0.1) is 12.1 Å². The molecule has 0 aliphatic rings. The van der Waals surface area contributed by atoms with Crippen molar-refractivity contribution in [3.63, 3.8) is 0 Å². The molecule has 6 nitrogen and oxygen atoms in total. The fraction of sp³-hybridized carbons (Fsp3) is 0.188. The number of H-pyrrole nitrogens is 1. The van der Waals surface area contributed by atoms with Crippen LogP contribution in [0.2, 0.25) is 0 Å². The number of rotatable bonds is 5. The second-order valence-electron chi connectivity index (χ2n) is 4.73. The van der Waals surface area contributed by atoms with E-state index in [2.05, 4.69) is 30.9 Å². The number of ether oxygens (including phenoxy) is 2. The Hall–Kier alpha value is -2.41. The van der Waals surface area contributed by atoms with Gasteiger partial charge >= 0.3 is 5.97 Å². The van der Waals surface area contributed by atoms with Crippen molar-refractivity contribution >= 4 is 33.1 Å². The third-order valence-corrected chi connectivity index (χ3v) is 3.53. The van der Waals surface area contributed by atoms with Crippen LogP contribution in [0.1, 0.15) is 6.92 Å². The van der Waals surface area contributed by atoms with E-state index < -0.39 is 0 Å². The minimum absolute atomic E-state index is 0.101. The molecule has 0 radical (unpaired) electrons. The Labute approximate surface area is 141 Å². The number of hydrogen-bond donors (Lipinski definition) is 1. The van der Waals surface area contributed by atoms with Gasteiger partial charge < -0.3 is 14.5 Å². The zero-order valence-electron chi connectivity index (χ0n) is 12.4. The summed E-state index contributed by atoms with van der Waals surface area (Å²) in [4.78, 5) is 23.2. The van der Waals surface area contributed by atoms with E-state index in [-0.39, 0.29) is 12.6 Å². The number of pyridine rings is 1. The van der Waals surface area contributed by atoms with Gasteiger partial charge in [-0.1, -0.05) is 0 Å². The van der Waals surface area contributed by atoms with Crippen molar-refractivity contribution in [1.29, 1.82) is 0 Å². The predicted molar refractivity (Wildman–Crippen MR) is 89.2 cm³/mol. The maximum Gasteiger partial charge on any atom is 0.344 e. The molecule has 23 heavy (non-hydrogen) atoms. The summed E-state index contributed by atoms with van der Waals surface area (Å²) >= 11 is 3.38. The number of imidazole rings is 1. The Morgan fingerprint density at radius 1 is 1.30 bits per heavy atom. The van der Waals surface area contributed by atoms with E-state index in [1.165, 1.54) is 0 Å². The van der Waals surface area contributed by atoms with E-state index >= 15 is 0 Å². The number of hydrogen-bond acceptors (Lipinski definition) is 5. The second kappa shape index (κ2) is 6.78. The van der Waals surface area contributed by atoms with Gasteiger partial charge in [0.1, 0.15) is 11.6 Å². The SMILES string of the molecule is CCOC(=O)COc1ccc(-c2nc3ncc(Br)cc3[nH]2)cc1. The van der Waals surface area contributed by atoms with Gasteiger partial charge in [-0.25, -0.2) is 14.8 Å². The highest BCUT2D eigenvalue weighted by Crippen LogP contribution is 2.23. The smallest absolute Gasteiger partial charge is 0.344 e. The second-order valence-corrected chi connectivity index (χ2v) is 5.64. The molecule has 3 aromatic rings. The number of aromatic amines is 1. The van der Waals surface area contributed by atoms with Crippen LogP contribution in [-0.4, -0.2) is 34.1 Å². The number of carbonyl (C=O) groups excluding carboxylic acids is 1. The lowest BCUT2D eigenvalue weighted by atomic mass is 10.2. The van der Waals surface area contributed by atoms with Gasteiger partial charge in [0, 0.05) is 16.2 Å². The van der Waals surface area contributed by atoms with Crippen LogP contribution in [0.15, 0.2) is 41.0 Å². The first-order valence-electron chi connectivity index (χ1n) is 7.06. The van der Waals surface area contributed by atoms with Crippen LogP contribution in [0.4, 0.5) is 0 Å². The number of nitrogens with zero attached hydrogens (tertiary/aromatic N) is 2. The molecule has 3 rings (SSSR count). The van der Waals surface area contributed by atoms with Crippen molar-refractivity contribution in [3.05, 3.63) is 41.0 Å². The van der Waals surface area contributed by atoms with Gasteiger partial charge in [-0.05, 0) is 53.2 Å². The molecule has 0 aliphatic heterocycles. The fourth-order valence-corrected chi connectivity index (χ4v) is 2.40. The van der Waals surface area contributed by atoms with Crippen molar-refractivity contribution in [2.45, 2.75) is 6.92 Å². The summed E-state index contributed by atoms with van der Waals surface area (Å²) in [6.45, 7) is 2.00. The maximum absolute atomic E-state index is 11.3. The highest BCUT2D eigenvalue weighted by atomic mass is 79.9. The minimum atomic E-state index is -0.384. The first kappa shape index (κ1) is 15.5. The Morgan fingerprint density at radius 2 is 2.09 bits per heavy atom. The summed E-state index contributed by atoms with van der Waals surface area (Å²) in [5.74, 6) is 0.937. The molecule has 7 heteroatoms. The van der Waals surface area contributed by atoms with E-state index in [4.69, 9.17) is 9.47 Å². The van der Waals surface area contributed by atoms with Crippen LogP contribution in [0, 0.1) is 0 Å². The standard InChI is InChI=1S/C16H14BrN3O3/c1-2-22-14(21)9-23-12-5-3-10(4-6-12)15-19-13-7-11(17)8-18-16(13)20-15/h3-8H,2,9H2,1H3,(H,18,19,20). The number of halogens is 1. The van der Waals surface area contributed by atoms with E-state index in [1.54, 1.807) is 25.3 Å².